The van der Waals surface area contributed by atoms with Crippen LogP contribution >= 0.6 is 11.3 Å². The SMILES string of the molecule is Cc1sc(=O)n(Cc2nc(C(C)(C)N)no2)c1C. The van der Waals surface area contributed by atoms with Crippen molar-refractivity contribution in [1.29, 1.82) is 0 Å². The maximum Gasteiger partial charge on any atom is 0.308 e. The molecule has 0 saturated carbocycles. The zero-order chi connectivity index (χ0) is 13.5. The third-order valence-electron chi connectivity index (χ3n) is 2.71. The number of nitrogens with two attached hydrogens (primary N) is 1. The maximum atomic E-state index is 11.7. The smallest absolute Gasteiger partial charge is 0.308 e. The molecule has 0 bridgehead atoms. The molecule has 98 valence electrons. The molecule has 7 heteroatoms. The van der Waals surface area contributed by atoms with Crippen LogP contribution in [0.3, 0.4) is 0 Å². The van der Waals surface area contributed by atoms with Crippen LogP contribution in [-0.2, 0) is 12.1 Å². The lowest BCUT2D eigenvalue weighted by Crippen LogP contribution is -2.30. The zero-order valence-electron chi connectivity index (χ0n) is 10.9. The van der Waals surface area contributed by atoms with Crippen LogP contribution in [0.15, 0.2) is 9.32 Å². The number of rotatable bonds is 3. The van der Waals surface area contributed by atoms with E-state index in [4.69, 9.17) is 10.3 Å². The van der Waals surface area contributed by atoms with Gasteiger partial charge in [-0.3, -0.25) is 9.36 Å². The summed E-state index contributed by atoms with van der Waals surface area (Å²) in [4.78, 5) is 16.9. The highest BCUT2D eigenvalue weighted by molar-refractivity contribution is 7.09. The van der Waals surface area contributed by atoms with E-state index in [1.807, 2.05) is 13.8 Å². The topological polar surface area (TPSA) is 86.9 Å². The molecule has 2 aromatic heterocycles. The molecule has 2 N–H and O–H groups in total. The average Bonchev–Trinajstić information content (AvgIpc) is 2.80. The van der Waals surface area contributed by atoms with E-state index in [0.29, 0.717) is 11.7 Å². The Kier molecular flexibility index (Phi) is 3.12. The Morgan fingerprint density at radius 1 is 1.44 bits per heavy atom. The van der Waals surface area contributed by atoms with E-state index in [9.17, 15) is 4.79 Å². The third kappa shape index (κ3) is 2.37. The predicted octanol–water partition coefficient (Wildman–Crippen LogP) is 1.15. The second-order valence-electron chi connectivity index (χ2n) is 4.83. The quantitative estimate of drug-likeness (QED) is 0.902. The highest BCUT2D eigenvalue weighted by Gasteiger charge is 2.22. The number of thiazole rings is 1. The van der Waals surface area contributed by atoms with Crippen LogP contribution < -0.4 is 10.6 Å². The molecular formula is C11H16N4O2S. The van der Waals surface area contributed by atoms with Gasteiger partial charge in [0.1, 0.15) is 6.54 Å². The predicted molar refractivity (Wildman–Crippen MR) is 68.7 cm³/mol. The Morgan fingerprint density at radius 2 is 2.11 bits per heavy atom. The van der Waals surface area contributed by atoms with E-state index in [1.54, 1.807) is 18.4 Å². The summed E-state index contributed by atoms with van der Waals surface area (Å²) >= 11 is 1.22. The third-order valence-corrected chi connectivity index (χ3v) is 3.71. The van der Waals surface area contributed by atoms with Gasteiger partial charge in [-0.1, -0.05) is 16.5 Å². The summed E-state index contributed by atoms with van der Waals surface area (Å²) in [5.41, 5.74) is 6.16. The molecule has 0 aliphatic heterocycles. The molecule has 0 radical (unpaired) electrons. The molecule has 0 unspecified atom stereocenters. The van der Waals surface area contributed by atoms with Gasteiger partial charge in [-0.2, -0.15) is 4.98 Å². The van der Waals surface area contributed by atoms with Crippen molar-refractivity contribution < 1.29 is 4.52 Å². The normalized spacial score (nSPS) is 12.1. The van der Waals surface area contributed by atoms with Gasteiger partial charge in [-0.25, -0.2) is 0 Å². The Hall–Kier alpha value is -1.47. The summed E-state index contributed by atoms with van der Waals surface area (Å²) in [6.45, 7) is 7.71. The summed E-state index contributed by atoms with van der Waals surface area (Å²) in [5, 5.41) is 3.83. The Balaban J connectivity index is 2.30. The van der Waals surface area contributed by atoms with E-state index < -0.39 is 5.54 Å². The maximum absolute atomic E-state index is 11.7. The van der Waals surface area contributed by atoms with Crippen molar-refractivity contribution in [3.8, 4) is 0 Å². The second kappa shape index (κ2) is 4.33. The first-order valence-corrected chi connectivity index (χ1v) is 6.39. The van der Waals surface area contributed by atoms with Gasteiger partial charge in [0.25, 0.3) is 0 Å². The van der Waals surface area contributed by atoms with Crippen molar-refractivity contribution in [2.45, 2.75) is 39.8 Å². The van der Waals surface area contributed by atoms with Crippen LogP contribution in [0.1, 0.15) is 36.1 Å². The minimum Gasteiger partial charge on any atom is -0.337 e. The van der Waals surface area contributed by atoms with Crippen molar-refractivity contribution in [2.24, 2.45) is 5.73 Å². The van der Waals surface area contributed by atoms with E-state index in [1.165, 1.54) is 11.3 Å². The van der Waals surface area contributed by atoms with Gasteiger partial charge in [0.2, 0.25) is 5.89 Å². The monoisotopic (exact) mass is 268 g/mol. The first kappa shape index (κ1) is 13.0. The van der Waals surface area contributed by atoms with Gasteiger partial charge < -0.3 is 10.3 Å². The minimum atomic E-state index is -0.647. The highest BCUT2D eigenvalue weighted by Crippen LogP contribution is 2.15. The number of aryl methyl sites for hydroxylation is 1. The van der Waals surface area contributed by atoms with Gasteiger partial charge in [0, 0.05) is 10.6 Å². The van der Waals surface area contributed by atoms with Gasteiger partial charge in [0.05, 0.1) is 5.54 Å². The van der Waals surface area contributed by atoms with Gasteiger partial charge >= 0.3 is 4.87 Å². The molecule has 6 nitrogen and oxygen atoms in total. The fourth-order valence-electron chi connectivity index (χ4n) is 1.49. The van der Waals surface area contributed by atoms with Crippen LogP contribution in [0, 0.1) is 13.8 Å². The molecule has 2 aromatic rings. The molecule has 0 aliphatic carbocycles. The van der Waals surface area contributed by atoms with Crippen molar-refractivity contribution in [3.05, 3.63) is 32.0 Å². The van der Waals surface area contributed by atoms with Crippen molar-refractivity contribution in [1.82, 2.24) is 14.7 Å². The van der Waals surface area contributed by atoms with Gasteiger partial charge in [-0.05, 0) is 27.7 Å². The first-order chi connectivity index (χ1) is 8.29. The summed E-state index contributed by atoms with van der Waals surface area (Å²) in [7, 11) is 0. The summed E-state index contributed by atoms with van der Waals surface area (Å²) in [6, 6.07) is 0. The zero-order valence-corrected chi connectivity index (χ0v) is 11.7. The molecule has 0 atom stereocenters. The molecule has 0 spiro atoms. The molecule has 2 heterocycles. The number of hydrogen-bond donors (Lipinski definition) is 1. The van der Waals surface area contributed by atoms with E-state index >= 15 is 0 Å². The van der Waals surface area contributed by atoms with Crippen molar-refractivity contribution >= 4 is 11.3 Å². The molecule has 0 aliphatic rings. The highest BCUT2D eigenvalue weighted by atomic mass is 32.1. The van der Waals surface area contributed by atoms with Crippen LogP contribution in [0.25, 0.3) is 0 Å². The molecular weight excluding hydrogens is 252 g/mol. The van der Waals surface area contributed by atoms with Crippen LogP contribution in [-0.4, -0.2) is 14.7 Å². The van der Waals surface area contributed by atoms with Crippen molar-refractivity contribution in [2.75, 3.05) is 0 Å². The summed E-state index contributed by atoms with van der Waals surface area (Å²) in [5.74, 6) is 0.835. The first-order valence-electron chi connectivity index (χ1n) is 5.58. The number of nitrogens with zero attached hydrogens (tertiary/aromatic N) is 3. The van der Waals surface area contributed by atoms with Gasteiger partial charge in [0.15, 0.2) is 5.82 Å². The van der Waals surface area contributed by atoms with E-state index in [-0.39, 0.29) is 11.4 Å². The Bertz CT molecular complexity index is 618. The van der Waals surface area contributed by atoms with Crippen LogP contribution in [0.4, 0.5) is 0 Å². The van der Waals surface area contributed by atoms with E-state index in [0.717, 1.165) is 10.6 Å². The molecule has 0 fully saturated rings. The standard InChI is InChI=1S/C11H16N4O2S/c1-6-7(2)18-10(16)15(6)5-8-13-9(14-17-8)11(3,4)12/h5,12H2,1-4H3. The Morgan fingerprint density at radius 3 is 2.56 bits per heavy atom. The molecule has 2 rings (SSSR count). The minimum absolute atomic E-state index is 0.0169. The fourth-order valence-corrected chi connectivity index (χ4v) is 2.32. The summed E-state index contributed by atoms with van der Waals surface area (Å²) < 4.78 is 6.74. The number of aromatic nitrogens is 3. The van der Waals surface area contributed by atoms with E-state index in [2.05, 4.69) is 10.1 Å². The second-order valence-corrected chi connectivity index (χ2v) is 5.99. The largest absolute Gasteiger partial charge is 0.337 e. The van der Waals surface area contributed by atoms with Crippen LogP contribution in [0.5, 0.6) is 0 Å². The lowest BCUT2D eigenvalue weighted by atomic mass is 10.1. The molecule has 0 saturated heterocycles. The fraction of sp³-hybridized carbons (Fsp3) is 0.545. The average molecular weight is 268 g/mol. The van der Waals surface area contributed by atoms with Crippen molar-refractivity contribution in [3.63, 3.8) is 0 Å². The van der Waals surface area contributed by atoms with Crippen LogP contribution in [0.2, 0.25) is 0 Å². The number of hydrogen-bond acceptors (Lipinski definition) is 6. The lowest BCUT2D eigenvalue weighted by Gasteiger charge is -2.11. The Labute approximate surface area is 108 Å². The lowest BCUT2D eigenvalue weighted by molar-refractivity contribution is 0.354. The summed E-state index contributed by atoms with van der Waals surface area (Å²) in [6.07, 6.45) is 0. The molecule has 0 amide bonds. The molecule has 18 heavy (non-hydrogen) atoms. The molecule has 0 aromatic carbocycles. The van der Waals surface area contributed by atoms with Gasteiger partial charge in [-0.15, -0.1) is 0 Å².